The zero-order chi connectivity index (χ0) is 21.1. The number of nitrogens with zero attached hydrogens (tertiary/aromatic N) is 2. The Morgan fingerprint density at radius 1 is 1.20 bits per heavy atom. The molecule has 0 radical (unpaired) electrons. The van der Waals surface area contributed by atoms with E-state index in [0.29, 0.717) is 10.2 Å². The quantitative estimate of drug-likeness (QED) is 0.424. The van der Waals surface area contributed by atoms with Gasteiger partial charge in [-0.05, 0) is 36.9 Å². The van der Waals surface area contributed by atoms with Gasteiger partial charge in [0.2, 0.25) is 5.91 Å². The Bertz CT molecular complexity index is 1260. The minimum absolute atomic E-state index is 0.117. The van der Waals surface area contributed by atoms with E-state index in [1.54, 1.807) is 11.8 Å². The molecule has 0 atom stereocenters. The van der Waals surface area contributed by atoms with Crippen LogP contribution in [-0.2, 0) is 11.3 Å². The van der Waals surface area contributed by atoms with Crippen molar-refractivity contribution in [1.29, 1.82) is 0 Å². The second-order valence-electron chi connectivity index (χ2n) is 6.97. The van der Waals surface area contributed by atoms with Crippen LogP contribution in [0.15, 0.2) is 69.9 Å². The molecule has 0 spiro atoms. The van der Waals surface area contributed by atoms with Crippen molar-refractivity contribution in [2.24, 2.45) is 0 Å². The third-order valence-electron chi connectivity index (χ3n) is 4.86. The van der Waals surface area contributed by atoms with Crippen molar-refractivity contribution in [3.8, 4) is 11.1 Å². The van der Waals surface area contributed by atoms with Crippen LogP contribution in [0.2, 0.25) is 0 Å². The maximum Gasteiger partial charge on any atom is 0.262 e. The summed E-state index contributed by atoms with van der Waals surface area (Å²) in [5.74, 6) is -0.135. The molecule has 0 aliphatic carbocycles. The minimum Gasteiger partial charge on any atom is -0.326 e. The van der Waals surface area contributed by atoms with Gasteiger partial charge in [0.1, 0.15) is 4.83 Å². The summed E-state index contributed by atoms with van der Waals surface area (Å²) in [5.41, 5.74) is 3.69. The third-order valence-corrected chi connectivity index (χ3v) is 6.47. The summed E-state index contributed by atoms with van der Waals surface area (Å²) in [4.78, 5) is 31.7. The average Bonchev–Trinajstić information content (AvgIpc) is 3.19. The minimum atomic E-state index is -0.135. The predicted molar refractivity (Wildman–Crippen MR) is 126 cm³/mol. The first-order valence-electron chi connectivity index (χ1n) is 9.53. The van der Waals surface area contributed by atoms with E-state index in [2.05, 4.69) is 10.3 Å². The smallest absolute Gasteiger partial charge is 0.262 e. The molecule has 4 aromatic rings. The van der Waals surface area contributed by atoms with E-state index in [0.717, 1.165) is 21.7 Å². The number of aryl methyl sites for hydroxylation is 2. The Morgan fingerprint density at radius 2 is 2.00 bits per heavy atom. The van der Waals surface area contributed by atoms with Crippen LogP contribution in [0.4, 0.5) is 5.69 Å². The molecule has 2 aromatic heterocycles. The monoisotopic (exact) mass is 435 g/mol. The Kier molecular flexibility index (Phi) is 6.01. The molecule has 1 amide bonds. The average molecular weight is 436 g/mol. The molecule has 7 heteroatoms. The third kappa shape index (κ3) is 4.32. The summed E-state index contributed by atoms with van der Waals surface area (Å²) in [6.45, 7) is 2.31. The van der Waals surface area contributed by atoms with Crippen LogP contribution in [-0.4, -0.2) is 21.7 Å². The Labute approximate surface area is 182 Å². The van der Waals surface area contributed by atoms with Crippen LogP contribution >= 0.6 is 23.1 Å². The zero-order valence-electron chi connectivity index (χ0n) is 16.7. The van der Waals surface area contributed by atoms with E-state index in [-0.39, 0.29) is 24.4 Å². The molecule has 2 heterocycles. The van der Waals surface area contributed by atoms with E-state index in [1.807, 2.05) is 67.1 Å². The molecule has 0 aliphatic heterocycles. The highest BCUT2D eigenvalue weighted by Crippen LogP contribution is 2.30. The highest BCUT2D eigenvalue weighted by Gasteiger charge is 2.14. The van der Waals surface area contributed by atoms with Gasteiger partial charge in [0.05, 0.1) is 11.7 Å². The molecule has 4 rings (SSSR count). The maximum absolute atomic E-state index is 13.1. The van der Waals surface area contributed by atoms with E-state index in [9.17, 15) is 9.59 Å². The lowest BCUT2D eigenvalue weighted by Gasteiger charge is -2.08. The van der Waals surface area contributed by atoms with Crippen molar-refractivity contribution in [3.63, 3.8) is 0 Å². The molecule has 0 bridgehead atoms. The van der Waals surface area contributed by atoms with Crippen LogP contribution in [0.25, 0.3) is 21.3 Å². The standard InChI is InChI=1S/C23H21N3O2S2/c1-15-6-8-16(9-7-15)19-13-30-22-21(19)23(28)26(14-24-22)11-10-20(27)25-17-4-3-5-18(12-17)29-2/h3-9,12-14H,10-11H2,1-2H3,(H,25,27). The van der Waals surface area contributed by atoms with Crippen molar-refractivity contribution in [3.05, 3.63) is 76.2 Å². The first-order valence-corrected chi connectivity index (χ1v) is 11.6. The summed E-state index contributed by atoms with van der Waals surface area (Å²) < 4.78 is 1.52. The van der Waals surface area contributed by atoms with Gasteiger partial charge in [-0.15, -0.1) is 23.1 Å². The summed E-state index contributed by atoms with van der Waals surface area (Å²) >= 11 is 3.08. The van der Waals surface area contributed by atoms with Gasteiger partial charge >= 0.3 is 0 Å². The topological polar surface area (TPSA) is 64.0 Å². The number of thiophene rings is 1. The lowest BCUT2D eigenvalue weighted by atomic mass is 10.1. The molecule has 0 aliphatic rings. The second kappa shape index (κ2) is 8.85. The largest absolute Gasteiger partial charge is 0.326 e. The van der Waals surface area contributed by atoms with Gasteiger partial charge in [0.25, 0.3) is 5.56 Å². The fourth-order valence-electron chi connectivity index (χ4n) is 3.22. The number of carbonyl (C=O) groups excluding carboxylic acids is 1. The molecular weight excluding hydrogens is 414 g/mol. The lowest BCUT2D eigenvalue weighted by Crippen LogP contribution is -2.23. The molecule has 152 valence electrons. The molecule has 30 heavy (non-hydrogen) atoms. The molecule has 2 aromatic carbocycles. The molecular formula is C23H21N3O2S2. The molecule has 5 nitrogen and oxygen atoms in total. The normalized spacial score (nSPS) is 11.0. The van der Waals surface area contributed by atoms with E-state index in [1.165, 1.54) is 27.8 Å². The highest BCUT2D eigenvalue weighted by molar-refractivity contribution is 7.98. The molecule has 0 unspecified atom stereocenters. The van der Waals surface area contributed by atoms with Gasteiger partial charge in [0, 0.05) is 34.5 Å². The first-order chi connectivity index (χ1) is 14.5. The number of amides is 1. The Morgan fingerprint density at radius 3 is 2.77 bits per heavy atom. The second-order valence-corrected chi connectivity index (χ2v) is 8.71. The summed E-state index contributed by atoms with van der Waals surface area (Å²) in [6, 6.07) is 15.8. The van der Waals surface area contributed by atoms with E-state index < -0.39 is 0 Å². The van der Waals surface area contributed by atoms with Crippen molar-refractivity contribution in [2.75, 3.05) is 11.6 Å². The number of anilines is 1. The number of fused-ring (bicyclic) bond motifs is 1. The fourth-order valence-corrected chi connectivity index (χ4v) is 4.58. The molecule has 0 fully saturated rings. The van der Waals surface area contributed by atoms with Crippen LogP contribution in [0.5, 0.6) is 0 Å². The number of thioether (sulfide) groups is 1. The van der Waals surface area contributed by atoms with Crippen LogP contribution < -0.4 is 10.9 Å². The van der Waals surface area contributed by atoms with Crippen LogP contribution in [0, 0.1) is 6.92 Å². The van der Waals surface area contributed by atoms with Gasteiger partial charge in [0.15, 0.2) is 0 Å². The number of rotatable bonds is 6. The van der Waals surface area contributed by atoms with Gasteiger partial charge < -0.3 is 5.32 Å². The number of hydrogen-bond donors (Lipinski definition) is 1. The number of nitrogens with one attached hydrogen (secondary N) is 1. The summed E-state index contributed by atoms with van der Waals surface area (Å²) in [6.07, 6.45) is 3.72. The fraction of sp³-hybridized carbons (Fsp3) is 0.174. The molecule has 1 N–H and O–H groups in total. The van der Waals surface area contributed by atoms with Gasteiger partial charge in [-0.3, -0.25) is 14.2 Å². The maximum atomic E-state index is 13.1. The van der Waals surface area contributed by atoms with Crippen molar-refractivity contribution >= 4 is 44.9 Å². The Balaban J connectivity index is 1.54. The van der Waals surface area contributed by atoms with Gasteiger partial charge in [-0.2, -0.15) is 0 Å². The lowest BCUT2D eigenvalue weighted by molar-refractivity contribution is -0.116. The Hall–Kier alpha value is -2.90. The van der Waals surface area contributed by atoms with Crippen LogP contribution in [0.3, 0.4) is 0 Å². The van der Waals surface area contributed by atoms with E-state index >= 15 is 0 Å². The van der Waals surface area contributed by atoms with Crippen LogP contribution in [0.1, 0.15) is 12.0 Å². The van der Waals surface area contributed by atoms with Crippen molar-refractivity contribution < 1.29 is 4.79 Å². The van der Waals surface area contributed by atoms with E-state index in [4.69, 9.17) is 0 Å². The van der Waals surface area contributed by atoms with Gasteiger partial charge in [-0.1, -0.05) is 35.9 Å². The number of hydrogen-bond acceptors (Lipinski definition) is 5. The number of aromatic nitrogens is 2. The van der Waals surface area contributed by atoms with Gasteiger partial charge in [-0.25, -0.2) is 4.98 Å². The molecule has 0 saturated heterocycles. The van der Waals surface area contributed by atoms with Crippen molar-refractivity contribution in [1.82, 2.24) is 9.55 Å². The number of carbonyl (C=O) groups is 1. The predicted octanol–water partition coefficient (Wildman–Crippen LogP) is 5.18. The number of benzene rings is 2. The zero-order valence-corrected chi connectivity index (χ0v) is 18.3. The summed E-state index contributed by atoms with van der Waals surface area (Å²) in [7, 11) is 0. The first kappa shape index (κ1) is 20.4. The van der Waals surface area contributed by atoms with Crippen molar-refractivity contribution in [2.45, 2.75) is 24.8 Å². The molecule has 0 saturated carbocycles. The SMILES string of the molecule is CSc1cccc(NC(=O)CCn2cnc3scc(-c4ccc(C)cc4)c3c2=O)c1. The highest BCUT2D eigenvalue weighted by atomic mass is 32.2. The summed E-state index contributed by atoms with van der Waals surface area (Å²) in [5, 5.41) is 5.48.